The van der Waals surface area contributed by atoms with E-state index in [9.17, 15) is 5.26 Å². The van der Waals surface area contributed by atoms with Gasteiger partial charge in [-0.2, -0.15) is 5.26 Å². The highest BCUT2D eigenvalue weighted by Gasteiger charge is 2.59. The summed E-state index contributed by atoms with van der Waals surface area (Å²) >= 11 is 0. The first-order valence-corrected chi connectivity index (χ1v) is 22.3. The molecule has 3 nitrogen and oxygen atoms in total. The molecule has 0 N–H and O–H groups in total. The second kappa shape index (κ2) is 14.0. The molecule has 65 heavy (non-hydrogen) atoms. The first-order chi connectivity index (χ1) is 32.1. The van der Waals surface area contributed by atoms with E-state index in [2.05, 4.69) is 236 Å². The first-order valence-electron chi connectivity index (χ1n) is 22.3. The van der Waals surface area contributed by atoms with Gasteiger partial charge >= 0.3 is 0 Å². The van der Waals surface area contributed by atoms with Crippen LogP contribution in [0, 0.1) is 18.3 Å². The summed E-state index contributed by atoms with van der Waals surface area (Å²) in [7, 11) is 0. The van der Waals surface area contributed by atoms with E-state index in [4.69, 9.17) is 4.74 Å². The minimum Gasteiger partial charge on any atom is -0.453 e. The minimum atomic E-state index is -1.01. The number of rotatable bonds is 4. The van der Waals surface area contributed by atoms with Crippen LogP contribution in [-0.4, -0.2) is 0 Å². The van der Waals surface area contributed by atoms with Gasteiger partial charge in [-0.3, -0.25) is 0 Å². The third kappa shape index (κ3) is 5.05. The van der Waals surface area contributed by atoms with Crippen LogP contribution in [0.1, 0.15) is 50.1 Å². The Bertz CT molecular complexity index is 3440. The summed E-state index contributed by atoms with van der Waals surface area (Å²) in [5.41, 5.74) is 17.3. The molecule has 1 heterocycles. The maximum absolute atomic E-state index is 10.7. The van der Waals surface area contributed by atoms with Gasteiger partial charge in [0, 0.05) is 0 Å². The lowest BCUT2D eigenvalue weighted by Gasteiger charge is -2.55. The van der Waals surface area contributed by atoms with Gasteiger partial charge in [0.05, 0.1) is 28.4 Å². The molecule has 13 rings (SSSR count). The average Bonchev–Trinajstić information content (AvgIpc) is 3.67. The van der Waals surface area contributed by atoms with Crippen molar-refractivity contribution in [2.24, 2.45) is 0 Å². The van der Waals surface area contributed by atoms with Crippen molar-refractivity contribution in [1.82, 2.24) is 0 Å². The van der Waals surface area contributed by atoms with E-state index in [1.807, 2.05) is 6.07 Å². The van der Waals surface area contributed by atoms with Gasteiger partial charge in [-0.25, -0.2) is 0 Å². The molecule has 3 heteroatoms. The lowest BCUT2D eigenvalue weighted by Crippen LogP contribution is -2.53. The van der Waals surface area contributed by atoms with Crippen molar-refractivity contribution in [3.63, 3.8) is 0 Å². The Kier molecular flexibility index (Phi) is 8.01. The average molecular weight is 829 g/mol. The van der Waals surface area contributed by atoms with Crippen LogP contribution in [-0.2, 0) is 11.0 Å². The summed E-state index contributed by atoms with van der Waals surface area (Å²) in [6.45, 7) is 2.15. The van der Waals surface area contributed by atoms with E-state index in [1.54, 1.807) is 0 Å². The maximum Gasteiger partial charge on any atom is 0.151 e. The van der Waals surface area contributed by atoms with Crippen molar-refractivity contribution in [3.8, 4) is 50.9 Å². The Morgan fingerprint density at radius 3 is 1.40 bits per heavy atom. The third-order valence-electron chi connectivity index (χ3n) is 14.2. The summed E-state index contributed by atoms with van der Waals surface area (Å²) in [4.78, 5) is 2.57. The maximum atomic E-state index is 10.7. The molecule has 0 bridgehead atoms. The van der Waals surface area contributed by atoms with Crippen LogP contribution in [0.3, 0.4) is 0 Å². The molecule has 3 aliphatic rings. The van der Waals surface area contributed by atoms with Crippen LogP contribution in [0.2, 0.25) is 0 Å². The molecule has 1 spiro atoms. The van der Waals surface area contributed by atoms with E-state index in [-0.39, 0.29) is 0 Å². The van der Waals surface area contributed by atoms with Gasteiger partial charge < -0.3 is 9.64 Å². The fourth-order valence-corrected chi connectivity index (χ4v) is 11.7. The number of fused-ring (bicyclic) bond motifs is 12. The summed E-state index contributed by atoms with van der Waals surface area (Å²) in [5.74, 6) is 1.54. The van der Waals surface area contributed by atoms with Crippen LogP contribution in [0.25, 0.3) is 44.2 Å². The predicted octanol–water partition coefficient (Wildman–Crippen LogP) is 15.3. The van der Waals surface area contributed by atoms with Gasteiger partial charge in [-0.15, -0.1) is 0 Å². The zero-order chi connectivity index (χ0) is 43.3. The Hall–Kier alpha value is -8.45. The molecule has 0 saturated heterocycles. The summed E-state index contributed by atoms with van der Waals surface area (Å²) in [6.07, 6.45) is 0. The van der Waals surface area contributed by atoms with Crippen LogP contribution >= 0.6 is 0 Å². The van der Waals surface area contributed by atoms with Crippen LogP contribution in [0.15, 0.2) is 224 Å². The number of aryl methyl sites for hydroxylation is 1. The number of hydrogen-bond donors (Lipinski definition) is 0. The van der Waals surface area contributed by atoms with Crippen LogP contribution < -0.4 is 9.64 Å². The fourth-order valence-electron chi connectivity index (χ4n) is 11.7. The van der Waals surface area contributed by atoms with Crippen LogP contribution in [0.4, 0.5) is 11.4 Å². The second-order valence-electron chi connectivity index (χ2n) is 17.5. The summed E-state index contributed by atoms with van der Waals surface area (Å²) < 4.78 is 7.22. The first kappa shape index (κ1) is 37.1. The Morgan fingerprint density at radius 1 is 0.400 bits per heavy atom. The number of hydrogen-bond acceptors (Lipinski definition) is 3. The quantitative estimate of drug-likeness (QED) is 0.177. The largest absolute Gasteiger partial charge is 0.453 e. The van der Waals surface area contributed by atoms with Crippen molar-refractivity contribution < 1.29 is 4.74 Å². The van der Waals surface area contributed by atoms with Crippen molar-refractivity contribution in [3.05, 3.63) is 275 Å². The highest BCUT2D eigenvalue weighted by Crippen LogP contribution is 2.67. The van der Waals surface area contributed by atoms with E-state index < -0.39 is 11.0 Å². The van der Waals surface area contributed by atoms with Gasteiger partial charge in [0.1, 0.15) is 5.54 Å². The summed E-state index contributed by atoms with van der Waals surface area (Å²) in [5, 5.41) is 12.6. The summed E-state index contributed by atoms with van der Waals surface area (Å²) in [6, 6.07) is 84.1. The molecule has 10 aromatic carbocycles. The van der Waals surface area contributed by atoms with Gasteiger partial charge in [0.15, 0.2) is 11.5 Å². The zero-order valence-corrected chi connectivity index (χ0v) is 35.7. The van der Waals surface area contributed by atoms with Crippen molar-refractivity contribution in [2.45, 2.75) is 17.9 Å². The molecule has 0 radical (unpaired) electrons. The molecule has 0 aromatic heterocycles. The number of ether oxygens (including phenoxy) is 1. The van der Waals surface area contributed by atoms with E-state index in [0.29, 0.717) is 5.56 Å². The molecule has 10 aromatic rings. The number of nitriles is 1. The SMILES string of the molecule is Cc1ccc2c(C#N)ccc(C3(N4c5ccc(-c6ccccc6)cc5Oc5cc(-c6ccccc6)ccc54)c4ccccc4C4(c5ccccc5-c5ccccc54)c4ccccc43)c2c1. The molecule has 0 atom stereocenters. The molecular weight excluding hydrogens is 789 g/mol. The number of benzene rings is 10. The molecule has 0 fully saturated rings. The lowest BCUT2D eigenvalue weighted by molar-refractivity contribution is 0.456. The zero-order valence-electron chi connectivity index (χ0n) is 35.7. The van der Waals surface area contributed by atoms with Gasteiger partial charge in [0.25, 0.3) is 0 Å². The van der Waals surface area contributed by atoms with Gasteiger partial charge in [-0.05, 0) is 120 Å². The molecule has 0 unspecified atom stereocenters. The fraction of sp³-hybridized carbons (Fsp3) is 0.0484. The Morgan fingerprint density at radius 2 is 0.877 bits per heavy atom. The number of anilines is 2. The number of nitrogens with zero attached hydrogens (tertiary/aromatic N) is 2. The molecular formula is C62H40N2O. The molecule has 304 valence electrons. The smallest absolute Gasteiger partial charge is 0.151 e. The monoisotopic (exact) mass is 828 g/mol. The third-order valence-corrected chi connectivity index (χ3v) is 14.2. The molecule has 1 aliphatic heterocycles. The standard InChI is InChI=1S/C62H40N2O/c1-40-28-32-46-45(39-63)29-33-52(49(46)36-40)62(55-26-14-12-24-53(55)61(54-25-13-15-27-56(54)62)50-22-10-8-20-47(50)48-21-9-11-23-51(48)61)64-57-34-30-43(41-16-4-2-5-17-41)37-59(57)65-60-38-44(31-35-58(60)64)42-18-6-3-7-19-42/h2-38H,1H3. The van der Waals surface area contributed by atoms with Crippen molar-refractivity contribution in [1.29, 1.82) is 5.26 Å². The Balaban J connectivity index is 1.22. The van der Waals surface area contributed by atoms with E-state index in [0.717, 1.165) is 78.2 Å². The van der Waals surface area contributed by atoms with Crippen molar-refractivity contribution in [2.75, 3.05) is 4.90 Å². The lowest BCUT2D eigenvalue weighted by atomic mass is 9.55. The topological polar surface area (TPSA) is 36.3 Å². The van der Waals surface area contributed by atoms with Gasteiger partial charge in [0.2, 0.25) is 0 Å². The minimum absolute atomic E-state index is 0.630. The normalized spacial score (nSPS) is 14.2. The molecule has 0 saturated carbocycles. The molecule has 2 aliphatic carbocycles. The van der Waals surface area contributed by atoms with Crippen molar-refractivity contribution >= 4 is 22.1 Å². The van der Waals surface area contributed by atoms with Gasteiger partial charge in [-0.1, -0.05) is 200 Å². The highest BCUT2D eigenvalue weighted by atomic mass is 16.5. The highest BCUT2D eigenvalue weighted by molar-refractivity contribution is 5.98. The van der Waals surface area contributed by atoms with Crippen LogP contribution in [0.5, 0.6) is 11.5 Å². The Labute approximate surface area is 378 Å². The predicted molar refractivity (Wildman–Crippen MR) is 263 cm³/mol. The van der Waals surface area contributed by atoms with E-state index in [1.165, 1.54) is 33.4 Å². The second-order valence-corrected chi connectivity index (χ2v) is 17.5. The molecule has 0 amide bonds. The van der Waals surface area contributed by atoms with E-state index >= 15 is 0 Å².